The molecule has 72 valence electrons. The van der Waals surface area contributed by atoms with Crippen molar-refractivity contribution in [3.63, 3.8) is 0 Å². The Kier molecular flexibility index (Phi) is 8.05. The molecule has 1 N–H and O–H groups in total. The van der Waals surface area contributed by atoms with Crippen molar-refractivity contribution in [2.24, 2.45) is 0 Å². The molecule has 0 saturated heterocycles. The monoisotopic (exact) mass is 175 g/mol. The van der Waals surface area contributed by atoms with E-state index in [1.807, 2.05) is 6.92 Å². The van der Waals surface area contributed by atoms with E-state index in [-0.39, 0.29) is 5.91 Å². The van der Waals surface area contributed by atoms with Crippen LogP contribution in [0.4, 0.5) is 0 Å². The van der Waals surface area contributed by atoms with E-state index < -0.39 is 0 Å². The van der Waals surface area contributed by atoms with Gasteiger partial charge in [0.05, 0.1) is 19.8 Å². The summed E-state index contributed by atoms with van der Waals surface area (Å²) in [6, 6.07) is 0. The van der Waals surface area contributed by atoms with Gasteiger partial charge in [0.15, 0.2) is 0 Å². The Morgan fingerprint density at radius 3 is 2.50 bits per heavy atom. The summed E-state index contributed by atoms with van der Waals surface area (Å²) >= 11 is 0. The normalized spacial score (nSPS) is 9.83. The van der Waals surface area contributed by atoms with Gasteiger partial charge in [-0.05, 0) is 6.92 Å². The lowest BCUT2D eigenvalue weighted by Gasteiger charge is -2.03. The van der Waals surface area contributed by atoms with E-state index in [4.69, 9.17) is 9.47 Å². The molecular weight excluding hydrogens is 158 g/mol. The van der Waals surface area contributed by atoms with Gasteiger partial charge in [-0.3, -0.25) is 4.79 Å². The highest BCUT2D eigenvalue weighted by atomic mass is 16.5. The molecule has 0 spiro atoms. The smallest absolute Gasteiger partial charge is 0.222 e. The summed E-state index contributed by atoms with van der Waals surface area (Å²) in [4.78, 5) is 10.7. The second-order valence-electron chi connectivity index (χ2n) is 2.23. The van der Waals surface area contributed by atoms with E-state index in [1.165, 1.54) is 0 Å². The first-order chi connectivity index (χ1) is 5.81. The summed E-state index contributed by atoms with van der Waals surface area (Å²) in [5.74, 6) is 0.00594. The lowest BCUT2D eigenvalue weighted by atomic mass is 10.4. The largest absolute Gasteiger partial charge is 0.379 e. The molecular formula is C8H17NO3. The standard InChI is InChI=1S/C8H17NO3/c1-3-11-6-7-12-5-4-8(10)9-2/h3-7H2,1-2H3,(H,9,10). The average Bonchev–Trinajstić information content (AvgIpc) is 2.10. The fraction of sp³-hybridized carbons (Fsp3) is 0.875. The summed E-state index contributed by atoms with van der Waals surface area (Å²) in [6.07, 6.45) is 0.419. The Hall–Kier alpha value is -0.610. The highest BCUT2D eigenvalue weighted by molar-refractivity contribution is 5.75. The fourth-order valence-corrected chi connectivity index (χ4v) is 0.654. The molecule has 0 heterocycles. The van der Waals surface area contributed by atoms with Crippen molar-refractivity contribution < 1.29 is 14.3 Å². The molecule has 0 aromatic rings. The first-order valence-electron chi connectivity index (χ1n) is 4.17. The van der Waals surface area contributed by atoms with Crippen LogP contribution in [-0.2, 0) is 14.3 Å². The maximum absolute atomic E-state index is 10.7. The molecule has 0 bridgehead atoms. The highest BCUT2D eigenvalue weighted by Gasteiger charge is 1.96. The van der Waals surface area contributed by atoms with Crippen molar-refractivity contribution in [3.8, 4) is 0 Å². The first-order valence-corrected chi connectivity index (χ1v) is 4.17. The van der Waals surface area contributed by atoms with Crippen LogP contribution in [0.15, 0.2) is 0 Å². The molecule has 0 radical (unpaired) electrons. The van der Waals surface area contributed by atoms with Gasteiger partial charge in [0.1, 0.15) is 0 Å². The van der Waals surface area contributed by atoms with Gasteiger partial charge in [0.25, 0.3) is 0 Å². The zero-order chi connectivity index (χ0) is 9.23. The summed E-state index contributed by atoms with van der Waals surface area (Å²) < 4.78 is 10.2. The van der Waals surface area contributed by atoms with E-state index in [0.717, 1.165) is 0 Å². The van der Waals surface area contributed by atoms with Gasteiger partial charge in [0.2, 0.25) is 5.91 Å². The van der Waals surface area contributed by atoms with Crippen molar-refractivity contribution >= 4 is 5.91 Å². The fourth-order valence-electron chi connectivity index (χ4n) is 0.654. The third-order valence-electron chi connectivity index (χ3n) is 1.33. The van der Waals surface area contributed by atoms with E-state index in [0.29, 0.717) is 32.8 Å². The number of carbonyl (C=O) groups is 1. The lowest BCUT2D eigenvalue weighted by Crippen LogP contribution is -2.19. The summed E-state index contributed by atoms with van der Waals surface area (Å²) in [5.41, 5.74) is 0. The predicted octanol–water partition coefficient (Wildman–Crippen LogP) is 0.176. The molecule has 0 aliphatic heterocycles. The molecule has 4 heteroatoms. The maximum Gasteiger partial charge on any atom is 0.222 e. The minimum Gasteiger partial charge on any atom is -0.379 e. The molecule has 0 aromatic carbocycles. The molecule has 0 rings (SSSR count). The Morgan fingerprint density at radius 1 is 1.25 bits per heavy atom. The van der Waals surface area contributed by atoms with Crippen LogP contribution in [0.5, 0.6) is 0 Å². The topological polar surface area (TPSA) is 47.6 Å². The van der Waals surface area contributed by atoms with Crippen LogP contribution >= 0.6 is 0 Å². The zero-order valence-corrected chi connectivity index (χ0v) is 7.76. The van der Waals surface area contributed by atoms with Crippen molar-refractivity contribution in [3.05, 3.63) is 0 Å². The van der Waals surface area contributed by atoms with E-state index in [1.54, 1.807) is 7.05 Å². The number of hydrogen-bond acceptors (Lipinski definition) is 3. The zero-order valence-electron chi connectivity index (χ0n) is 7.76. The molecule has 0 atom stereocenters. The molecule has 0 fully saturated rings. The van der Waals surface area contributed by atoms with Crippen LogP contribution in [0.2, 0.25) is 0 Å². The quantitative estimate of drug-likeness (QED) is 0.561. The molecule has 4 nitrogen and oxygen atoms in total. The molecule has 12 heavy (non-hydrogen) atoms. The molecule has 0 aromatic heterocycles. The first kappa shape index (κ1) is 11.4. The Bertz CT molecular complexity index is 117. The van der Waals surface area contributed by atoms with Crippen LogP contribution in [-0.4, -0.2) is 39.4 Å². The number of rotatable bonds is 7. The second-order valence-corrected chi connectivity index (χ2v) is 2.23. The van der Waals surface area contributed by atoms with Crippen LogP contribution in [0, 0.1) is 0 Å². The van der Waals surface area contributed by atoms with Gasteiger partial charge in [0, 0.05) is 20.1 Å². The predicted molar refractivity (Wildman–Crippen MR) is 46.0 cm³/mol. The highest BCUT2D eigenvalue weighted by Crippen LogP contribution is 1.83. The van der Waals surface area contributed by atoms with Gasteiger partial charge >= 0.3 is 0 Å². The van der Waals surface area contributed by atoms with Gasteiger partial charge in [-0.1, -0.05) is 0 Å². The minimum atomic E-state index is 0.00594. The number of ether oxygens (including phenoxy) is 2. The van der Waals surface area contributed by atoms with Crippen LogP contribution in [0.25, 0.3) is 0 Å². The maximum atomic E-state index is 10.7. The Morgan fingerprint density at radius 2 is 1.92 bits per heavy atom. The van der Waals surface area contributed by atoms with E-state index >= 15 is 0 Å². The summed E-state index contributed by atoms with van der Waals surface area (Å²) in [5, 5.41) is 2.52. The molecule has 0 aliphatic rings. The van der Waals surface area contributed by atoms with Crippen LogP contribution < -0.4 is 5.32 Å². The van der Waals surface area contributed by atoms with E-state index in [9.17, 15) is 4.79 Å². The van der Waals surface area contributed by atoms with Crippen molar-refractivity contribution in [1.82, 2.24) is 5.32 Å². The second kappa shape index (κ2) is 8.49. The average molecular weight is 175 g/mol. The third kappa shape index (κ3) is 7.50. The molecule has 1 amide bonds. The van der Waals surface area contributed by atoms with Crippen molar-refractivity contribution in [1.29, 1.82) is 0 Å². The van der Waals surface area contributed by atoms with E-state index in [2.05, 4.69) is 5.32 Å². The molecule has 0 aliphatic carbocycles. The van der Waals surface area contributed by atoms with Gasteiger partial charge in [-0.25, -0.2) is 0 Å². The third-order valence-corrected chi connectivity index (χ3v) is 1.33. The van der Waals surface area contributed by atoms with Crippen LogP contribution in [0.3, 0.4) is 0 Å². The molecule has 0 saturated carbocycles. The number of nitrogens with one attached hydrogen (secondary N) is 1. The van der Waals surface area contributed by atoms with Crippen molar-refractivity contribution in [2.75, 3.05) is 33.5 Å². The minimum absolute atomic E-state index is 0.00594. The van der Waals surface area contributed by atoms with Crippen LogP contribution in [0.1, 0.15) is 13.3 Å². The van der Waals surface area contributed by atoms with Gasteiger partial charge in [-0.2, -0.15) is 0 Å². The number of hydrogen-bond donors (Lipinski definition) is 1. The summed E-state index contributed by atoms with van der Waals surface area (Å²) in [6.45, 7) is 4.27. The van der Waals surface area contributed by atoms with Gasteiger partial charge in [-0.15, -0.1) is 0 Å². The van der Waals surface area contributed by atoms with Gasteiger partial charge < -0.3 is 14.8 Å². The SMILES string of the molecule is CCOCCOCCC(=O)NC. The number of amides is 1. The lowest BCUT2D eigenvalue weighted by molar-refractivity contribution is -0.121. The summed E-state index contributed by atoms with van der Waals surface area (Å²) in [7, 11) is 1.61. The Labute approximate surface area is 73.2 Å². The molecule has 0 unspecified atom stereocenters. The van der Waals surface area contributed by atoms with Crippen molar-refractivity contribution in [2.45, 2.75) is 13.3 Å². The number of carbonyl (C=O) groups excluding carboxylic acids is 1. The Balaban J connectivity index is 2.95.